The molecule has 0 fully saturated rings. The average molecular weight is 452 g/mol. The summed E-state index contributed by atoms with van der Waals surface area (Å²) in [6.07, 6.45) is 5.19. The highest BCUT2D eigenvalue weighted by Crippen LogP contribution is 2.21. The van der Waals surface area contributed by atoms with Crippen LogP contribution in [0.2, 0.25) is 0 Å². The van der Waals surface area contributed by atoms with Crippen LogP contribution in [0.3, 0.4) is 0 Å². The predicted octanol–water partition coefficient (Wildman–Crippen LogP) is 5.19. The van der Waals surface area contributed by atoms with E-state index in [0.717, 1.165) is 11.3 Å². The van der Waals surface area contributed by atoms with Gasteiger partial charge >= 0.3 is 0 Å². The van der Waals surface area contributed by atoms with Gasteiger partial charge in [0.25, 0.3) is 5.91 Å². The third kappa shape index (κ3) is 4.68. The van der Waals surface area contributed by atoms with Crippen LogP contribution in [0.15, 0.2) is 85.3 Å². The zero-order valence-corrected chi connectivity index (χ0v) is 19.1. The third-order valence-electron chi connectivity index (χ3n) is 5.66. The number of nitrogens with zero attached hydrogens (tertiary/aromatic N) is 4. The third-order valence-corrected chi connectivity index (χ3v) is 5.66. The number of aromatic nitrogens is 4. The van der Waals surface area contributed by atoms with E-state index in [-0.39, 0.29) is 12.6 Å². The van der Waals surface area contributed by atoms with Crippen LogP contribution in [-0.4, -0.2) is 25.5 Å². The number of carbonyl (C=O) groups is 1. The maximum Gasteiger partial charge on any atom is 0.276 e. The molecule has 1 N–H and O–H groups in total. The van der Waals surface area contributed by atoms with Crippen LogP contribution in [0.25, 0.3) is 10.8 Å². The van der Waals surface area contributed by atoms with Gasteiger partial charge in [0, 0.05) is 12.4 Å². The van der Waals surface area contributed by atoms with Crippen molar-refractivity contribution in [3.8, 4) is 5.75 Å². The molecular weight excluding hydrogens is 426 g/mol. The molecule has 0 unspecified atom stereocenters. The number of hydrogen-bond donors (Lipinski definition) is 1. The maximum absolute atomic E-state index is 12.7. The van der Waals surface area contributed by atoms with E-state index in [1.54, 1.807) is 23.1 Å². The Labute approximate surface area is 197 Å². The molecule has 0 saturated carbocycles. The summed E-state index contributed by atoms with van der Waals surface area (Å²) >= 11 is 0. The molecular formula is C27H25N5O2. The Kier molecular flexibility index (Phi) is 5.82. The Morgan fingerprint density at radius 1 is 1.00 bits per heavy atom. The van der Waals surface area contributed by atoms with Gasteiger partial charge in [0.2, 0.25) is 0 Å². The van der Waals surface area contributed by atoms with Crippen molar-refractivity contribution < 1.29 is 9.53 Å². The topological polar surface area (TPSA) is 74.0 Å². The molecule has 5 rings (SSSR count). The van der Waals surface area contributed by atoms with E-state index < -0.39 is 0 Å². The highest BCUT2D eigenvalue weighted by atomic mass is 16.5. The Hall–Kier alpha value is -4.39. The number of anilines is 1. The van der Waals surface area contributed by atoms with Crippen molar-refractivity contribution >= 4 is 22.4 Å². The molecule has 34 heavy (non-hydrogen) atoms. The highest BCUT2D eigenvalue weighted by Gasteiger charge is 2.12. The zero-order chi connectivity index (χ0) is 23.5. The largest absolute Gasteiger partial charge is 0.471 e. The predicted molar refractivity (Wildman–Crippen MR) is 132 cm³/mol. The number of aryl methyl sites for hydroxylation is 2. The smallest absolute Gasteiger partial charge is 0.276 e. The summed E-state index contributed by atoms with van der Waals surface area (Å²) in [7, 11) is 0. The van der Waals surface area contributed by atoms with E-state index >= 15 is 0 Å². The molecule has 5 aromatic rings. The molecule has 7 nitrogen and oxygen atoms in total. The lowest BCUT2D eigenvalue weighted by molar-refractivity contribution is 0.102. The fourth-order valence-electron chi connectivity index (χ4n) is 3.97. The summed E-state index contributed by atoms with van der Waals surface area (Å²) < 4.78 is 9.24. The first kappa shape index (κ1) is 21.5. The van der Waals surface area contributed by atoms with Gasteiger partial charge in [0.05, 0.1) is 18.4 Å². The van der Waals surface area contributed by atoms with Crippen molar-refractivity contribution in [2.75, 3.05) is 5.32 Å². The summed E-state index contributed by atoms with van der Waals surface area (Å²) in [6.45, 7) is 4.88. The monoisotopic (exact) mass is 451 g/mol. The number of amides is 1. The fourth-order valence-corrected chi connectivity index (χ4v) is 3.97. The summed E-state index contributed by atoms with van der Waals surface area (Å²) in [5, 5.41) is 14.0. The molecule has 0 bridgehead atoms. The quantitative estimate of drug-likeness (QED) is 0.370. The van der Waals surface area contributed by atoms with Gasteiger partial charge in [-0.15, -0.1) is 0 Å². The van der Waals surface area contributed by atoms with Crippen LogP contribution in [0.5, 0.6) is 5.75 Å². The number of rotatable bonds is 7. The Morgan fingerprint density at radius 3 is 2.74 bits per heavy atom. The Morgan fingerprint density at radius 2 is 1.85 bits per heavy atom. The van der Waals surface area contributed by atoms with E-state index in [2.05, 4.69) is 45.8 Å². The van der Waals surface area contributed by atoms with E-state index in [4.69, 9.17) is 4.74 Å². The molecule has 2 aromatic heterocycles. The van der Waals surface area contributed by atoms with Crippen molar-refractivity contribution in [2.45, 2.75) is 27.1 Å². The van der Waals surface area contributed by atoms with Crippen LogP contribution in [0.4, 0.5) is 5.69 Å². The number of fused-ring (bicyclic) bond motifs is 1. The number of ether oxygens (including phenoxy) is 1. The lowest BCUT2D eigenvalue weighted by Gasteiger charge is -2.09. The molecule has 170 valence electrons. The second-order valence-electron chi connectivity index (χ2n) is 8.30. The van der Waals surface area contributed by atoms with Gasteiger partial charge in [-0.1, -0.05) is 60.2 Å². The number of nitrogens with one attached hydrogen (secondary N) is 1. The van der Waals surface area contributed by atoms with E-state index in [1.165, 1.54) is 21.9 Å². The van der Waals surface area contributed by atoms with E-state index in [9.17, 15) is 4.79 Å². The van der Waals surface area contributed by atoms with Crippen molar-refractivity contribution in [1.82, 2.24) is 19.6 Å². The van der Waals surface area contributed by atoms with Gasteiger partial charge in [-0.2, -0.15) is 10.2 Å². The normalized spacial score (nSPS) is 11.0. The molecule has 2 heterocycles. The van der Waals surface area contributed by atoms with Gasteiger partial charge in [-0.3, -0.25) is 9.48 Å². The van der Waals surface area contributed by atoms with Crippen molar-refractivity contribution in [2.24, 2.45) is 0 Å². The average Bonchev–Trinajstić information content (AvgIpc) is 3.48. The molecule has 1 amide bonds. The number of hydrogen-bond acceptors (Lipinski definition) is 4. The first-order valence-electron chi connectivity index (χ1n) is 11.1. The summed E-state index contributed by atoms with van der Waals surface area (Å²) in [5.74, 6) is 0.501. The molecule has 7 heteroatoms. The molecule has 3 aromatic carbocycles. The second kappa shape index (κ2) is 9.23. The summed E-state index contributed by atoms with van der Waals surface area (Å²) in [6, 6.07) is 22.2. The van der Waals surface area contributed by atoms with E-state index in [1.807, 2.05) is 55.1 Å². The first-order chi connectivity index (χ1) is 16.5. The summed E-state index contributed by atoms with van der Waals surface area (Å²) in [5.41, 5.74) is 4.34. The minimum Gasteiger partial charge on any atom is -0.471 e. The fraction of sp³-hybridized carbons (Fsp3) is 0.148. The molecule has 0 radical (unpaired) electrons. The van der Waals surface area contributed by atoms with Crippen LogP contribution >= 0.6 is 0 Å². The number of benzene rings is 3. The van der Waals surface area contributed by atoms with Gasteiger partial charge in [-0.25, -0.2) is 4.68 Å². The van der Waals surface area contributed by atoms with Crippen LogP contribution in [0.1, 0.15) is 27.2 Å². The zero-order valence-electron chi connectivity index (χ0n) is 19.1. The van der Waals surface area contributed by atoms with Gasteiger partial charge < -0.3 is 10.1 Å². The standard InChI is InChI=1S/C27H25N5O2/c1-19-10-11-26(20(2)14-19)34-18-31-13-12-25(30-31)27(33)29-23-15-28-32(17-23)16-22-8-5-7-21-6-3-4-9-24(21)22/h3-15,17H,16,18H2,1-2H3,(H,29,33). The Balaban J connectivity index is 1.21. The van der Waals surface area contributed by atoms with Crippen molar-refractivity contribution in [1.29, 1.82) is 0 Å². The molecule has 0 aliphatic rings. The minimum absolute atomic E-state index is 0.222. The molecule has 0 aliphatic carbocycles. The SMILES string of the molecule is Cc1ccc(OCn2ccc(C(=O)Nc3cnn(Cc4cccc5ccccc45)c3)n2)c(C)c1. The van der Waals surface area contributed by atoms with E-state index in [0.29, 0.717) is 17.9 Å². The lowest BCUT2D eigenvalue weighted by atomic mass is 10.0. The van der Waals surface area contributed by atoms with Crippen LogP contribution in [0, 0.1) is 13.8 Å². The Bertz CT molecular complexity index is 1460. The first-order valence-corrected chi connectivity index (χ1v) is 11.1. The molecule has 0 atom stereocenters. The second-order valence-corrected chi connectivity index (χ2v) is 8.30. The molecule has 0 saturated heterocycles. The van der Waals surface area contributed by atoms with Gasteiger partial charge in [-0.05, 0) is 47.9 Å². The highest BCUT2D eigenvalue weighted by molar-refractivity contribution is 6.02. The van der Waals surface area contributed by atoms with Crippen molar-refractivity contribution in [3.05, 3.63) is 108 Å². The summed E-state index contributed by atoms with van der Waals surface area (Å²) in [4.78, 5) is 12.7. The number of carbonyl (C=O) groups excluding carboxylic acids is 1. The molecule has 0 aliphatic heterocycles. The van der Waals surface area contributed by atoms with Crippen LogP contribution in [-0.2, 0) is 13.3 Å². The van der Waals surface area contributed by atoms with Crippen molar-refractivity contribution in [3.63, 3.8) is 0 Å². The van der Waals surface area contributed by atoms with Crippen LogP contribution < -0.4 is 10.1 Å². The molecule has 0 spiro atoms. The lowest BCUT2D eigenvalue weighted by Crippen LogP contribution is -2.14. The van der Waals surface area contributed by atoms with Gasteiger partial charge in [0.15, 0.2) is 12.4 Å². The van der Waals surface area contributed by atoms with Gasteiger partial charge in [0.1, 0.15) is 5.75 Å². The minimum atomic E-state index is -0.296. The maximum atomic E-state index is 12.7.